The Balaban J connectivity index is 1.54. The third kappa shape index (κ3) is 4.43. The van der Waals surface area contributed by atoms with Crippen LogP contribution in [0.15, 0.2) is 41.8 Å². The molecule has 0 saturated heterocycles. The van der Waals surface area contributed by atoms with Crippen LogP contribution in [0.4, 0.5) is 0 Å². The number of hydrogen-bond acceptors (Lipinski definition) is 4. The number of hydrogen-bond donors (Lipinski definition) is 2. The summed E-state index contributed by atoms with van der Waals surface area (Å²) in [5.74, 6) is 0.808. The van der Waals surface area contributed by atoms with Crippen molar-refractivity contribution in [3.05, 3.63) is 52.2 Å². The Kier molecular flexibility index (Phi) is 5.93. The second kappa shape index (κ2) is 8.36. The highest BCUT2D eigenvalue weighted by atomic mass is 32.1. The summed E-state index contributed by atoms with van der Waals surface area (Å²) < 4.78 is 5.77. The topological polar surface area (TPSA) is 67.4 Å². The number of thiophene rings is 1. The molecule has 5 nitrogen and oxygen atoms in total. The summed E-state index contributed by atoms with van der Waals surface area (Å²) in [5, 5.41) is 7.68. The lowest BCUT2D eigenvalue weighted by atomic mass is 9.96. The molecule has 0 fully saturated rings. The largest absolute Gasteiger partial charge is 0.493 e. The summed E-state index contributed by atoms with van der Waals surface area (Å²) in [6.07, 6.45) is 0.879. The number of fused-ring (bicyclic) bond motifs is 1. The average molecular weight is 372 g/mol. The third-order valence-electron chi connectivity index (χ3n) is 4.50. The van der Waals surface area contributed by atoms with Gasteiger partial charge in [-0.25, -0.2) is 0 Å². The highest BCUT2D eigenvalue weighted by molar-refractivity contribution is 7.12. The number of para-hydroxylation sites is 1. The van der Waals surface area contributed by atoms with Crippen molar-refractivity contribution < 1.29 is 14.3 Å². The highest BCUT2D eigenvalue weighted by Crippen LogP contribution is 2.26. The van der Waals surface area contributed by atoms with Gasteiger partial charge in [-0.3, -0.25) is 9.59 Å². The molecule has 0 aliphatic carbocycles. The minimum Gasteiger partial charge on any atom is -0.493 e. The third-order valence-corrected chi connectivity index (χ3v) is 5.37. The number of nitrogens with one attached hydrogen (secondary N) is 2. The number of benzene rings is 1. The van der Waals surface area contributed by atoms with Crippen molar-refractivity contribution in [2.45, 2.75) is 26.3 Å². The van der Waals surface area contributed by atoms with Gasteiger partial charge in [0.1, 0.15) is 11.8 Å². The monoisotopic (exact) mass is 372 g/mol. The number of ether oxygens (including phenoxy) is 1. The molecule has 2 unspecified atom stereocenters. The zero-order valence-electron chi connectivity index (χ0n) is 15.0. The van der Waals surface area contributed by atoms with E-state index in [-0.39, 0.29) is 23.7 Å². The Morgan fingerprint density at radius 3 is 2.77 bits per heavy atom. The average Bonchev–Trinajstić information content (AvgIpc) is 3.18. The van der Waals surface area contributed by atoms with Gasteiger partial charge < -0.3 is 15.4 Å². The van der Waals surface area contributed by atoms with E-state index < -0.39 is 6.04 Å². The molecule has 26 heavy (non-hydrogen) atoms. The van der Waals surface area contributed by atoms with Crippen molar-refractivity contribution in [1.82, 2.24) is 10.6 Å². The Hall–Kier alpha value is -2.34. The number of carbonyl (C=O) groups is 2. The first-order chi connectivity index (χ1) is 12.5. The molecular weight excluding hydrogens is 348 g/mol. The molecule has 3 rings (SSSR count). The highest BCUT2D eigenvalue weighted by Gasteiger charge is 2.26. The first kappa shape index (κ1) is 18.5. The quantitative estimate of drug-likeness (QED) is 0.819. The lowest BCUT2D eigenvalue weighted by molar-refractivity contribution is -0.124. The number of rotatable bonds is 6. The number of amides is 2. The SMILES string of the molecule is CC(C)C(NC(=O)c1cccs1)C(=O)NCC1COc2ccccc2C1. The minimum atomic E-state index is -0.554. The molecule has 1 aromatic heterocycles. The minimum absolute atomic E-state index is 0.00208. The van der Waals surface area contributed by atoms with Gasteiger partial charge in [0.05, 0.1) is 11.5 Å². The fourth-order valence-electron chi connectivity index (χ4n) is 3.03. The van der Waals surface area contributed by atoms with Crippen LogP contribution in [0.5, 0.6) is 5.75 Å². The van der Waals surface area contributed by atoms with Crippen molar-refractivity contribution >= 4 is 23.2 Å². The van der Waals surface area contributed by atoms with Crippen molar-refractivity contribution in [1.29, 1.82) is 0 Å². The Bertz CT molecular complexity index is 758. The van der Waals surface area contributed by atoms with E-state index >= 15 is 0 Å². The maximum Gasteiger partial charge on any atom is 0.262 e. The lowest BCUT2D eigenvalue weighted by Crippen LogP contribution is -2.50. The normalized spacial score (nSPS) is 17.1. The van der Waals surface area contributed by atoms with E-state index in [1.165, 1.54) is 16.9 Å². The molecule has 1 aliphatic heterocycles. The van der Waals surface area contributed by atoms with Gasteiger partial charge in [0.25, 0.3) is 5.91 Å². The van der Waals surface area contributed by atoms with Gasteiger partial charge in [-0.1, -0.05) is 38.1 Å². The summed E-state index contributed by atoms with van der Waals surface area (Å²) in [7, 11) is 0. The molecule has 2 aromatic rings. The summed E-state index contributed by atoms with van der Waals surface area (Å²) in [6, 6.07) is 11.0. The standard InChI is InChI=1S/C20H24N2O3S/c1-13(2)18(22-19(23)17-8-5-9-26-17)20(24)21-11-14-10-15-6-3-4-7-16(15)25-12-14/h3-9,13-14,18H,10-12H2,1-2H3,(H,21,24)(H,22,23). The summed E-state index contributed by atoms with van der Waals surface area (Å²) in [6.45, 7) is 4.98. The first-order valence-electron chi connectivity index (χ1n) is 8.87. The van der Waals surface area contributed by atoms with E-state index in [0.29, 0.717) is 18.0 Å². The summed E-state index contributed by atoms with van der Waals surface area (Å²) in [4.78, 5) is 25.5. The van der Waals surface area contributed by atoms with Gasteiger partial charge in [0.2, 0.25) is 5.91 Å². The second-order valence-corrected chi connectivity index (χ2v) is 7.85. The van der Waals surface area contributed by atoms with Gasteiger partial charge in [-0.05, 0) is 35.4 Å². The fourth-order valence-corrected chi connectivity index (χ4v) is 3.66. The van der Waals surface area contributed by atoms with Crippen molar-refractivity contribution in [3.8, 4) is 5.75 Å². The van der Waals surface area contributed by atoms with Crippen LogP contribution < -0.4 is 15.4 Å². The van der Waals surface area contributed by atoms with Crippen LogP contribution in [0.25, 0.3) is 0 Å². The molecule has 2 N–H and O–H groups in total. The molecule has 0 radical (unpaired) electrons. The molecule has 1 aromatic carbocycles. The predicted octanol–water partition coefficient (Wildman–Crippen LogP) is 2.87. The second-order valence-electron chi connectivity index (χ2n) is 6.91. The van der Waals surface area contributed by atoms with E-state index in [2.05, 4.69) is 16.7 Å². The molecule has 2 heterocycles. The molecule has 2 amide bonds. The molecule has 0 saturated carbocycles. The molecular formula is C20H24N2O3S. The molecule has 0 spiro atoms. The predicted molar refractivity (Wildman–Crippen MR) is 103 cm³/mol. The zero-order valence-corrected chi connectivity index (χ0v) is 15.8. The maximum absolute atomic E-state index is 12.6. The lowest BCUT2D eigenvalue weighted by Gasteiger charge is -2.27. The zero-order chi connectivity index (χ0) is 18.5. The van der Waals surface area contributed by atoms with Crippen molar-refractivity contribution in [2.24, 2.45) is 11.8 Å². The molecule has 2 atom stereocenters. The van der Waals surface area contributed by atoms with Gasteiger partial charge >= 0.3 is 0 Å². The first-order valence-corrected chi connectivity index (χ1v) is 9.75. The molecule has 1 aliphatic rings. The molecule has 138 valence electrons. The Labute approximate surface area is 157 Å². The molecule has 6 heteroatoms. The van der Waals surface area contributed by atoms with Crippen LogP contribution >= 0.6 is 11.3 Å². The van der Waals surface area contributed by atoms with Crippen LogP contribution in [0, 0.1) is 11.8 Å². The van der Waals surface area contributed by atoms with E-state index in [1.54, 1.807) is 6.07 Å². The Morgan fingerprint density at radius 2 is 2.04 bits per heavy atom. The van der Waals surface area contributed by atoms with Crippen LogP contribution in [-0.4, -0.2) is 31.0 Å². The van der Waals surface area contributed by atoms with Crippen LogP contribution in [-0.2, 0) is 11.2 Å². The maximum atomic E-state index is 12.6. The van der Waals surface area contributed by atoms with E-state index in [0.717, 1.165) is 12.2 Å². The van der Waals surface area contributed by atoms with Crippen LogP contribution in [0.2, 0.25) is 0 Å². The van der Waals surface area contributed by atoms with E-state index in [9.17, 15) is 9.59 Å². The van der Waals surface area contributed by atoms with Crippen molar-refractivity contribution in [3.63, 3.8) is 0 Å². The van der Waals surface area contributed by atoms with Gasteiger partial charge in [0, 0.05) is 12.5 Å². The fraction of sp³-hybridized carbons (Fsp3) is 0.400. The smallest absolute Gasteiger partial charge is 0.262 e. The van der Waals surface area contributed by atoms with Gasteiger partial charge in [-0.2, -0.15) is 0 Å². The van der Waals surface area contributed by atoms with Crippen molar-refractivity contribution in [2.75, 3.05) is 13.2 Å². The Morgan fingerprint density at radius 1 is 1.23 bits per heavy atom. The summed E-state index contributed by atoms with van der Waals surface area (Å²) >= 11 is 1.37. The van der Waals surface area contributed by atoms with Crippen LogP contribution in [0.3, 0.4) is 0 Å². The summed E-state index contributed by atoms with van der Waals surface area (Å²) in [5.41, 5.74) is 1.17. The van der Waals surface area contributed by atoms with Gasteiger partial charge in [0.15, 0.2) is 0 Å². The van der Waals surface area contributed by atoms with E-state index in [4.69, 9.17) is 4.74 Å². The molecule has 0 bridgehead atoms. The van der Waals surface area contributed by atoms with Crippen LogP contribution in [0.1, 0.15) is 29.1 Å². The number of carbonyl (C=O) groups excluding carboxylic acids is 2. The van der Waals surface area contributed by atoms with E-state index in [1.807, 2.05) is 43.5 Å². The van der Waals surface area contributed by atoms with Gasteiger partial charge in [-0.15, -0.1) is 11.3 Å².